The Morgan fingerprint density at radius 3 is 2.85 bits per heavy atom. The molecule has 0 radical (unpaired) electrons. The van der Waals surface area contributed by atoms with E-state index in [9.17, 15) is 4.79 Å². The zero-order chi connectivity index (χ0) is 19.2. The quantitative estimate of drug-likeness (QED) is 0.583. The van der Waals surface area contributed by atoms with Gasteiger partial charge in [0.05, 0.1) is 12.0 Å². The first kappa shape index (κ1) is 19.1. The van der Waals surface area contributed by atoms with E-state index < -0.39 is 0 Å². The van der Waals surface area contributed by atoms with Gasteiger partial charge in [0, 0.05) is 25.1 Å². The molecule has 27 heavy (non-hydrogen) atoms. The molecule has 2 heterocycles. The Bertz CT molecular complexity index is 874. The predicted molar refractivity (Wildman–Crippen MR) is 105 cm³/mol. The molecular weight excluding hydrogens is 362 g/mol. The van der Waals surface area contributed by atoms with Crippen LogP contribution >= 0.6 is 11.3 Å². The predicted octanol–water partition coefficient (Wildman–Crippen LogP) is 4.15. The first-order valence-corrected chi connectivity index (χ1v) is 9.74. The maximum atomic E-state index is 12.7. The molecule has 0 aliphatic rings. The molecular formula is C20H23N3O3S. The van der Waals surface area contributed by atoms with Crippen molar-refractivity contribution in [1.29, 1.82) is 0 Å². The smallest absolute Gasteiger partial charge is 0.263 e. The van der Waals surface area contributed by atoms with Crippen LogP contribution in [0.3, 0.4) is 0 Å². The van der Waals surface area contributed by atoms with Crippen molar-refractivity contribution < 1.29 is 14.1 Å². The lowest BCUT2D eigenvalue weighted by Gasteiger charge is -2.23. The minimum absolute atomic E-state index is 0.0474. The van der Waals surface area contributed by atoms with Crippen molar-refractivity contribution in [1.82, 2.24) is 15.0 Å². The van der Waals surface area contributed by atoms with Crippen molar-refractivity contribution in [3.05, 3.63) is 52.5 Å². The van der Waals surface area contributed by atoms with Gasteiger partial charge in [0.25, 0.3) is 5.91 Å². The number of ether oxygens (including phenoxy) is 1. The van der Waals surface area contributed by atoms with E-state index in [0.29, 0.717) is 37.1 Å². The second kappa shape index (κ2) is 8.81. The molecule has 0 unspecified atom stereocenters. The fraction of sp³-hybridized carbons (Fsp3) is 0.350. The molecule has 1 aromatic carbocycles. The highest BCUT2D eigenvalue weighted by molar-refractivity contribution is 7.12. The van der Waals surface area contributed by atoms with Crippen LogP contribution < -0.4 is 4.74 Å². The van der Waals surface area contributed by atoms with Gasteiger partial charge in [-0.1, -0.05) is 37.2 Å². The third-order valence-electron chi connectivity index (χ3n) is 4.00. The Kier molecular flexibility index (Phi) is 6.24. The lowest BCUT2D eigenvalue weighted by atomic mass is 10.2. The van der Waals surface area contributed by atoms with Crippen LogP contribution in [-0.2, 0) is 6.42 Å². The van der Waals surface area contributed by atoms with Gasteiger partial charge in [0.1, 0.15) is 5.75 Å². The van der Waals surface area contributed by atoms with Gasteiger partial charge in [-0.25, -0.2) is 0 Å². The van der Waals surface area contributed by atoms with Gasteiger partial charge in [-0.15, -0.1) is 11.3 Å². The largest absolute Gasteiger partial charge is 0.497 e. The zero-order valence-corrected chi connectivity index (χ0v) is 16.5. The molecule has 6 nitrogen and oxygen atoms in total. The van der Waals surface area contributed by atoms with Crippen molar-refractivity contribution in [2.24, 2.45) is 5.92 Å². The van der Waals surface area contributed by atoms with Crippen LogP contribution in [0.5, 0.6) is 5.75 Å². The summed E-state index contributed by atoms with van der Waals surface area (Å²) in [4.78, 5) is 19.8. The summed E-state index contributed by atoms with van der Waals surface area (Å²) >= 11 is 1.46. The number of hydrogen-bond donors (Lipinski definition) is 0. The molecule has 0 saturated heterocycles. The van der Waals surface area contributed by atoms with Crippen LogP contribution in [0.25, 0.3) is 11.4 Å². The minimum Gasteiger partial charge on any atom is -0.497 e. The van der Waals surface area contributed by atoms with Crippen molar-refractivity contribution in [2.45, 2.75) is 20.3 Å². The van der Waals surface area contributed by atoms with Gasteiger partial charge < -0.3 is 14.2 Å². The van der Waals surface area contributed by atoms with Gasteiger partial charge in [-0.3, -0.25) is 4.79 Å². The number of aromatic nitrogens is 2. The summed E-state index contributed by atoms with van der Waals surface area (Å²) in [5, 5.41) is 5.97. The molecule has 0 aliphatic carbocycles. The zero-order valence-electron chi connectivity index (χ0n) is 15.7. The van der Waals surface area contributed by atoms with Crippen LogP contribution in [0.2, 0.25) is 0 Å². The monoisotopic (exact) mass is 385 g/mol. The first-order valence-electron chi connectivity index (χ1n) is 8.86. The third-order valence-corrected chi connectivity index (χ3v) is 4.85. The Labute approximate surface area is 162 Å². The summed E-state index contributed by atoms with van der Waals surface area (Å²) in [6, 6.07) is 11.3. The number of nitrogens with zero attached hydrogens (tertiary/aromatic N) is 3. The van der Waals surface area contributed by atoms with E-state index >= 15 is 0 Å². The third kappa shape index (κ3) is 4.95. The average molecular weight is 385 g/mol. The summed E-state index contributed by atoms with van der Waals surface area (Å²) in [6.45, 7) is 5.42. The van der Waals surface area contributed by atoms with Gasteiger partial charge in [0.2, 0.25) is 11.7 Å². The molecule has 0 atom stereocenters. The fourth-order valence-electron chi connectivity index (χ4n) is 2.74. The highest BCUT2D eigenvalue weighted by Gasteiger charge is 2.19. The molecule has 142 valence electrons. The summed E-state index contributed by atoms with van der Waals surface area (Å²) < 4.78 is 10.6. The van der Waals surface area contributed by atoms with Crippen LogP contribution in [0.15, 0.2) is 46.3 Å². The molecule has 2 aromatic heterocycles. The standard InChI is InChI=1S/C20H23N3O3S/c1-14(2)13-23(20(24)17-8-5-11-27-17)10-9-18-21-19(22-26-18)15-6-4-7-16(12-15)25-3/h4-8,11-12,14H,9-10,13H2,1-3H3. The van der Waals surface area contributed by atoms with Crippen molar-refractivity contribution in [2.75, 3.05) is 20.2 Å². The number of rotatable bonds is 8. The molecule has 0 N–H and O–H groups in total. The summed E-state index contributed by atoms with van der Waals surface area (Å²) in [7, 11) is 1.62. The van der Waals surface area contributed by atoms with Crippen LogP contribution in [0.1, 0.15) is 29.4 Å². The molecule has 3 aromatic rings. The SMILES string of the molecule is COc1cccc(-c2noc(CCN(CC(C)C)C(=O)c3cccs3)n2)c1. The van der Waals surface area contributed by atoms with E-state index in [4.69, 9.17) is 9.26 Å². The van der Waals surface area contributed by atoms with Gasteiger partial charge in [-0.2, -0.15) is 4.98 Å². The highest BCUT2D eigenvalue weighted by atomic mass is 32.1. The van der Waals surface area contributed by atoms with E-state index in [2.05, 4.69) is 24.0 Å². The Morgan fingerprint density at radius 1 is 1.30 bits per heavy atom. The van der Waals surface area contributed by atoms with Crippen molar-refractivity contribution in [3.63, 3.8) is 0 Å². The number of hydrogen-bond acceptors (Lipinski definition) is 6. The lowest BCUT2D eigenvalue weighted by Crippen LogP contribution is -2.35. The van der Waals surface area contributed by atoms with Crippen molar-refractivity contribution in [3.8, 4) is 17.1 Å². The number of benzene rings is 1. The van der Waals surface area contributed by atoms with E-state index in [0.717, 1.165) is 16.2 Å². The van der Waals surface area contributed by atoms with E-state index in [-0.39, 0.29) is 5.91 Å². The van der Waals surface area contributed by atoms with Gasteiger partial charge in [-0.05, 0) is 29.5 Å². The molecule has 3 rings (SSSR count). The molecule has 0 aliphatic heterocycles. The molecule has 0 saturated carbocycles. The summed E-state index contributed by atoms with van der Waals surface area (Å²) in [6.07, 6.45) is 0.515. The Hall–Kier alpha value is -2.67. The maximum Gasteiger partial charge on any atom is 0.263 e. The highest BCUT2D eigenvalue weighted by Crippen LogP contribution is 2.21. The molecule has 0 fully saturated rings. The van der Waals surface area contributed by atoms with Gasteiger partial charge >= 0.3 is 0 Å². The van der Waals surface area contributed by atoms with Crippen molar-refractivity contribution >= 4 is 17.2 Å². The number of carbonyl (C=O) groups is 1. The minimum atomic E-state index is 0.0474. The molecule has 1 amide bonds. The number of carbonyl (C=O) groups excluding carboxylic acids is 1. The molecule has 0 spiro atoms. The molecule has 7 heteroatoms. The average Bonchev–Trinajstić information content (AvgIpc) is 3.36. The topological polar surface area (TPSA) is 68.5 Å². The van der Waals surface area contributed by atoms with E-state index in [1.807, 2.05) is 46.7 Å². The second-order valence-corrected chi connectivity index (χ2v) is 7.56. The number of thiophene rings is 1. The van der Waals surface area contributed by atoms with Crippen LogP contribution in [-0.4, -0.2) is 41.1 Å². The van der Waals surface area contributed by atoms with Gasteiger partial charge in [0.15, 0.2) is 0 Å². The normalized spacial score (nSPS) is 11.0. The Balaban J connectivity index is 1.68. The first-order chi connectivity index (χ1) is 13.1. The number of methoxy groups -OCH3 is 1. The van der Waals surface area contributed by atoms with Crippen LogP contribution in [0, 0.1) is 5.92 Å². The van der Waals surface area contributed by atoms with Crippen LogP contribution in [0.4, 0.5) is 0 Å². The number of amides is 1. The summed E-state index contributed by atoms with van der Waals surface area (Å²) in [5.41, 5.74) is 0.832. The maximum absolute atomic E-state index is 12.7. The fourth-order valence-corrected chi connectivity index (χ4v) is 3.43. The second-order valence-electron chi connectivity index (χ2n) is 6.62. The lowest BCUT2D eigenvalue weighted by molar-refractivity contribution is 0.0739. The Morgan fingerprint density at radius 2 is 2.15 bits per heavy atom. The molecule has 0 bridgehead atoms. The van der Waals surface area contributed by atoms with E-state index in [1.165, 1.54) is 11.3 Å². The summed E-state index contributed by atoms with van der Waals surface area (Å²) in [5.74, 6) is 2.20. The van der Waals surface area contributed by atoms with E-state index in [1.54, 1.807) is 7.11 Å².